The van der Waals surface area contributed by atoms with Crippen molar-refractivity contribution in [1.82, 2.24) is 14.9 Å². The zero-order chi connectivity index (χ0) is 13.1. The van der Waals surface area contributed by atoms with Crippen LogP contribution in [0, 0.1) is 5.92 Å². The molecule has 0 atom stereocenters. The Labute approximate surface area is 111 Å². The predicted octanol–water partition coefficient (Wildman–Crippen LogP) is 3.09. The molecule has 2 heterocycles. The third kappa shape index (κ3) is 2.61. The summed E-state index contributed by atoms with van der Waals surface area (Å²) in [7, 11) is 0. The molecule has 0 bridgehead atoms. The summed E-state index contributed by atoms with van der Waals surface area (Å²) in [5.41, 5.74) is 2.78. The van der Waals surface area contributed by atoms with E-state index >= 15 is 0 Å². The molecule has 1 aliphatic rings. The van der Waals surface area contributed by atoms with E-state index < -0.39 is 0 Å². The van der Waals surface area contributed by atoms with Crippen LogP contribution in [0.2, 0.25) is 0 Å². The second-order valence-corrected chi connectivity index (χ2v) is 5.74. The van der Waals surface area contributed by atoms with Crippen molar-refractivity contribution in [2.45, 2.75) is 66.0 Å². The summed E-state index contributed by atoms with van der Waals surface area (Å²) in [4.78, 5) is 4.87. The molecule has 0 aliphatic carbocycles. The summed E-state index contributed by atoms with van der Waals surface area (Å²) in [6.45, 7) is 12.3. The van der Waals surface area contributed by atoms with E-state index in [1.165, 1.54) is 30.1 Å². The van der Waals surface area contributed by atoms with Crippen LogP contribution in [0.3, 0.4) is 0 Å². The van der Waals surface area contributed by atoms with Gasteiger partial charge >= 0.3 is 0 Å². The van der Waals surface area contributed by atoms with Gasteiger partial charge in [0.2, 0.25) is 0 Å². The van der Waals surface area contributed by atoms with Crippen molar-refractivity contribution in [2.24, 2.45) is 5.92 Å². The van der Waals surface area contributed by atoms with Crippen LogP contribution in [0.5, 0.6) is 0 Å². The van der Waals surface area contributed by atoms with Crippen molar-refractivity contribution in [1.29, 1.82) is 0 Å². The molecule has 1 aromatic rings. The van der Waals surface area contributed by atoms with Crippen LogP contribution >= 0.6 is 0 Å². The Balaban J connectivity index is 2.33. The largest absolute Gasteiger partial charge is 0.331 e. The fourth-order valence-electron chi connectivity index (χ4n) is 2.84. The first-order chi connectivity index (χ1) is 8.67. The molecule has 1 aromatic heterocycles. The van der Waals surface area contributed by atoms with E-state index in [2.05, 4.69) is 37.6 Å². The van der Waals surface area contributed by atoms with Gasteiger partial charge in [-0.3, -0.25) is 0 Å². The third-order valence-electron chi connectivity index (χ3n) is 4.13. The summed E-state index contributed by atoms with van der Waals surface area (Å²) >= 11 is 0. The Morgan fingerprint density at radius 2 is 2.00 bits per heavy atom. The lowest BCUT2D eigenvalue weighted by molar-refractivity contribution is 0.398. The van der Waals surface area contributed by atoms with Gasteiger partial charge in [0.15, 0.2) is 0 Å². The van der Waals surface area contributed by atoms with E-state index in [-0.39, 0.29) is 0 Å². The van der Waals surface area contributed by atoms with Crippen LogP contribution < -0.4 is 5.32 Å². The van der Waals surface area contributed by atoms with Crippen LogP contribution in [0.1, 0.15) is 63.7 Å². The molecule has 0 unspecified atom stereocenters. The van der Waals surface area contributed by atoms with Gasteiger partial charge in [0.25, 0.3) is 0 Å². The molecule has 0 amide bonds. The Kier molecular flexibility index (Phi) is 4.44. The van der Waals surface area contributed by atoms with Gasteiger partial charge in [-0.2, -0.15) is 0 Å². The second kappa shape index (κ2) is 5.87. The van der Waals surface area contributed by atoms with Gasteiger partial charge in [-0.1, -0.05) is 40.5 Å². The smallest absolute Gasteiger partial charge is 0.111 e. The van der Waals surface area contributed by atoms with Crippen LogP contribution in [0.25, 0.3) is 0 Å². The van der Waals surface area contributed by atoms with Gasteiger partial charge in [-0.05, 0) is 5.92 Å². The van der Waals surface area contributed by atoms with Crippen molar-refractivity contribution in [3.8, 4) is 0 Å². The summed E-state index contributed by atoms with van der Waals surface area (Å²) in [6, 6.07) is 0. The quantitative estimate of drug-likeness (QED) is 0.869. The van der Waals surface area contributed by atoms with E-state index in [1.54, 1.807) is 0 Å². The number of nitrogens with zero attached hydrogens (tertiary/aromatic N) is 2. The Morgan fingerprint density at radius 3 is 2.61 bits per heavy atom. The van der Waals surface area contributed by atoms with Crippen molar-refractivity contribution < 1.29 is 0 Å². The first-order valence-corrected chi connectivity index (χ1v) is 7.46. The summed E-state index contributed by atoms with van der Waals surface area (Å²) in [5, 5.41) is 3.43. The summed E-state index contributed by atoms with van der Waals surface area (Å²) in [5.74, 6) is 2.59. The summed E-state index contributed by atoms with van der Waals surface area (Å²) in [6.07, 6.45) is 3.66. The summed E-state index contributed by atoms with van der Waals surface area (Å²) < 4.78 is 2.53. The lowest BCUT2D eigenvalue weighted by Gasteiger charge is -2.21. The van der Waals surface area contributed by atoms with E-state index in [1.807, 2.05) is 0 Å². The molecule has 3 heteroatoms. The number of hydrogen-bond acceptors (Lipinski definition) is 2. The van der Waals surface area contributed by atoms with E-state index in [9.17, 15) is 0 Å². The highest BCUT2D eigenvalue weighted by Gasteiger charge is 2.22. The molecular weight excluding hydrogens is 222 g/mol. The number of rotatable bonds is 5. The zero-order valence-corrected chi connectivity index (χ0v) is 12.3. The molecule has 1 N–H and O–H groups in total. The standard InChI is InChI=1S/C15H27N3/c1-5-12(6-2)10-18-14-7-8-16-9-13(14)17-15(18)11(3)4/h11-12,16H,5-10H2,1-4H3. The molecule has 0 aromatic carbocycles. The molecule has 0 saturated heterocycles. The Bertz CT molecular complexity index is 389. The van der Waals surface area contributed by atoms with Gasteiger partial charge in [0, 0.05) is 37.7 Å². The van der Waals surface area contributed by atoms with Crippen molar-refractivity contribution in [3.63, 3.8) is 0 Å². The predicted molar refractivity (Wildman–Crippen MR) is 75.8 cm³/mol. The molecule has 1 aliphatic heterocycles. The fourth-order valence-corrected chi connectivity index (χ4v) is 2.84. The Morgan fingerprint density at radius 1 is 1.28 bits per heavy atom. The van der Waals surface area contributed by atoms with Crippen molar-refractivity contribution >= 4 is 0 Å². The average Bonchev–Trinajstić information content (AvgIpc) is 2.75. The highest BCUT2D eigenvalue weighted by Crippen LogP contribution is 2.24. The number of nitrogens with one attached hydrogen (secondary N) is 1. The second-order valence-electron chi connectivity index (χ2n) is 5.74. The first kappa shape index (κ1) is 13.6. The van der Waals surface area contributed by atoms with E-state index in [0.29, 0.717) is 5.92 Å². The average molecular weight is 249 g/mol. The molecule has 0 spiro atoms. The number of hydrogen-bond donors (Lipinski definition) is 1. The van der Waals surface area contributed by atoms with Gasteiger partial charge < -0.3 is 9.88 Å². The normalized spacial score (nSPS) is 15.4. The number of imidazole rings is 1. The van der Waals surface area contributed by atoms with Crippen LogP contribution in [-0.2, 0) is 19.5 Å². The first-order valence-electron chi connectivity index (χ1n) is 7.46. The lowest BCUT2D eigenvalue weighted by atomic mass is 10.0. The maximum absolute atomic E-state index is 4.87. The van der Waals surface area contributed by atoms with E-state index in [0.717, 1.165) is 32.0 Å². The third-order valence-corrected chi connectivity index (χ3v) is 4.13. The lowest BCUT2D eigenvalue weighted by Crippen LogP contribution is -2.26. The van der Waals surface area contributed by atoms with Gasteiger partial charge in [-0.15, -0.1) is 0 Å². The van der Waals surface area contributed by atoms with Gasteiger partial charge in [0.1, 0.15) is 5.82 Å². The molecule has 0 saturated carbocycles. The minimum atomic E-state index is 0.518. The molecule has 18 heavy (non-hydrogen) atoms. The molecular formula is C15H27N3. The highest BCUT2D eigenvalue weighted by atomic mass is 15.1. The monoisotopic (exact) mass is 249 g/mol. The van der Waals surface area contributed by atoms with Crippen LogP contribution in [0.15, 0.2) is 0 Å². The molecule has 2 rings (SSSR count). The maximum atomic E-state index is 4.87. The molecule has 3 nitrogen and oxygen atoms in total. The number of aromatic nitrogens is 2. The Hall–Kier alpha value is -0.830. The van der Waals surface area contributed by atoms with Crippen molar-refractivity contribution in [3.05, 3.63) is 17.2 Å². The molecule has 102 valence electrons. The van der Waals surface area contributed by atoms with Crippen molar-refractivity contribution in [2.75, 3.05) is 6.54 Å². The van der Waals surface area contributed by atoms with Gasteiger partial charge in [0.05, 0.1) is 5.69 Å². The van der Waals surface area contributed by atoms with Gasteiger partial charge in [-0.25, -0.2) is 4.98 Å². The topological polar surface area (TPSA) is 29.9 Å². The molecule has 0 radical (unpaired) electrons. The minimum absolute atomic E-state index is 0.518. The maximum Gasteiger partial charge on any atom is 0.111 e. The fraction of sp³-hybridized carbons (Fsp3) is 0.800. The van der Waals surface area contributed by atoms with Crippen LogP contribution in [-0.4, -0.2) is 16.1 Å². The molecule has 0 fully saturated rings. The number of fused-ring (bicyclic) bond motifs is 1. The zero-order valence-electron chi connectivity index (χ0n) is 12.3. The van der Waals surface area contributed by atoms with Crippen LogP contribution in [0.4, 0.5) is 0 Å². The minimum Gasteiger partial charge on any atom is -0.331 e. The highest BCUT2D eigenvalue weighted by molar-refractivity contribution is 5.21. The SMILES string of the molecule is CCC(CC)Cn1c(C(C)C)nc2c1CCNC2. The van der Waals surface area contributed by atoms with E-state index in [4.69, 9.17) is 4.98 Å².